The van der Waals surface area contributed by atoms with Crippen LogP contribution in [0.2, 0.25) is 0 Å². The zero-order chi connectivity index (χ0) is 99.7. The Balaban J connectivity index is 0.000000309. The summed E-state index contributed by atoms with van der Waals surface area (Å²) < 4.78 is 51.1. The first-order valence-electron chi connectivity index (χ1n) is 44.3. The van der Waals surface area contributed by atoms with Gasteiger partial charge in [0.05, 0.1) is 101 Å². The number of nitrogens with one attached hydrogen (secondary N) is 11. The van der Waals surface area contributed by atoms with E-state index < -0.39 is 12.0 Å². The first kappa shape index (κ1) is 112. The number of aryl methyl sites for hydroxylation is 1. The minimum Gasteiger partial charge on any atom is -0.383 e. The Morgan fingerprint density at radius 1 is 0.328 bits per heavy atom. The number of fused-ring (bicyclic) bond motifs is 3. The second-order valence-corrected chi connectivity index (χ2v) is 37.5. The molecule has 0 unspecified atom stereocenters. The summed E-state index contributed by atoms with van der Waals surface area (Å²) in [5.41, 5.74) is 12.0. The minimum atomic E-state index is -4.49. The fourth-order valence-corrected chi connectivity index (χ4v) is 11.0. The van der Waals surface area contributed by atoms with Gasteiger partial charge in [0.2, 0.25) is 11.8 Å². The van der Waals surface area contributed by atoms with Gasteiger partial charge in [0.25, 0.3) is 0 Å². The van der Waals surface area contributed by atoms with Gasteiger partial charge in [0.1, 0.15) is 29.8 Å². The summed E-state index contributed by atoms with van der Waals surface area (Å²) in [6.45, 7) is 55.7. The molecule has 11 N–H and O–H groups in total. The number of halogens is 4. The van der Waals surface area contributed by atoms with Gasteiger partial charge in [-0.2, -0.15) is 33.7 Å². The van der Waals surface area contributed by atoms with Crippen LogP contribution >= 0.6 is 0 Å². The number of hydrogen-bond donors (Lipinski definition) is 11. The fourth-order valence-electron chi connectivity index (χ4n) is 11.0. The second-order valence-electron chi connectivity index (χ2n) is 37.5. The van der Waals surface area contributed by atoms with Crippen molar-refractivity contribution in [2.24, 2.45) is 7.05 Å². The van der Waals surface area contributed by atoms with Gasteiger partial charge in [-0.1, -0.05) is 18.2 Å². The van der Waals surface area contributed by atoms with Gasteiger partial charge >= 0.3 is 6.18 Å². The minimum absolute atomic E-state index is 0.0516. The maximum atomic E-state index is 12.6. The maximum absolute atomic E-state index is 12.6. The van der Waals surface area contributed by atoms with Crippen LogP contribution in [-0.4, -0.2) is 149 Å². The quantitative estimate of drug-likeness (QED) is 0.0377. The van der Waals surface area contributed by atoms with E-state index in [2.05, 4.69) is 318 Å². The highest BCUT2D eigenvalue weighted by Crippen LogP contribution is 2.27. The van der Waals surface area contributed by atoms with Crippen LogP contribution in [0, 0.1) is 17.1 Å². The molecule has 0 fully saturated rings. The van der Waals surface area contributed by atoms with E-state index in [-0.39, 0.29) is 33.5 Å². The number of alkyl halides is 3. The van der Waals surface area contributed by atoms with Crippen LogP contribution in [-0.2, 0) is 13.2 Å². The predicted octanol–water partition coefficient (Wildman–Crippen LogP) is 23.7. The van der Waals surface area contributed by atoms with E-state index in [1.165, 1.54) is 47.6 Å². The van der Waals surface area contributed by atoms with E-state index in [0.29, 0.717) is 59.1 Å². The molecular weight excluding hydrogens is 1700 g/mol. The molecule has 0 atom stereocenters. The third kappa shape index (κ3) is 52.6. The number of hydrogen-bond acceptors (Lipinski definition) is 28. The van der Waals surface area contributed by atoms with E-state index >= 15 is 0 Å². The normalized spacial score (nSPS) is 10.9. The van der Waals surface area contributed by atoms with Crippen LogP contribution in [0.15, 0.2) is 245 Å². The van der Waals surface area contributed by atoms with Crippen molar-refractivity contribution in [1.29, 1.82) is 5.26 Å². The number of aromatic nitrogens is 17. The van der Waals surface area contributed by atoms with Gasteiger partial charge in [0.15, 0.2) is 0 Å². The molecule has 11 aromatic heterocycles. The lowest BCUT2D eigenvalue weighted by molar-refractivity contribution is -0.145. The number of nitrogens with zero attached hydrogens (tertiary/aromatic N) is 18. The molecule has 0 aliphatic heterocycles. The second kappa shape index (κ2) is 56.5. The van der Waals surface area contributed by atoms with E-state index in [1.54, 1.807) is 68.2 Å². The van der Waals surface area contributed by atoms with Crippen LogP contribution < -0.4 is 58.5 Å². The molecule has 0 saturated heterocycles. The van der Waals surface area contributed by atoms with Gasteiger partial charge < -0.3 is 63.1 Å². The highest BCUT2D eigenvalue weighted by atomic mass is 19.4. The Hall–Kier alpha value is -14.2. The molecular formula is C101H141F4N29. The summed E-state index contributed by atoms with van der Waals surface area (Å²) in [5, 5.41) is 61.9. The molecule has 0 aliphatic rings. The molecule has 0 aliphatic carbocycles. The average Bonchev–Trinajstić information content (AvgIpc) is 1.69. The largest absolute Gasteiger partial charge is 0.451 e. The van der Waals surface area contributed by atoms with E-state index in [4.69, 9.17) is 5.26 Å². The highest BCUT2D eigenvalue weighted by molar-refractivity contribution is 5.84. The molecule has 718 valence electrons. The van der Waals surface area contributed by atoms with Crippen molar-refractivity contribution in [2.45, 2.75) is 257 Å². The van der Waals surface area contributed by atoms with Crippen molar-refractivity contribution >= 4 is 95.9 Å². The van der Waals surface area contributed by atoms with Gasteiger partial charge in [0, 0.05) is 166 Å². The van der Waals surface area contributed by atoms with Crippen LogP contribution in [0.25, 0.3) is 32.8 Å². The Kier molecular flexibility index (Phi) is 47.3. The molecule has 0 saturated carbocycles. The monoisotopic (exact) mass is 1840 g/mol. The lowest BCUT2D eigenvalue weighted by Crippen LogP contribution is -2.27. The molecule has 0 bridgehead atoms. The summed E-state index contributed by atoms with van der Waals surface area (Å²) in [6.07, 6.45) is 26.4. The number of anilines is 11. The highest BCUT2D eigenvalue weighted by Gasteiger charge is 2.34. The maximum Gasteiger partial charge on any atom is 0.451 e. The lowest BCUT2D eigenvalue weighted by atomic mass is 10.1. The van der Waals surface area contributed by atoms with Crippen molar-refractivity contribution in [3.63, 3.8) is 0 Å². The van der Waals surface area contributed by atoms with Crippen LogP contribution in [0.5, 0.6) is 0 Å². The van der Waals surface area contributed by atoms with Crippen molar-refractivity contribution < 1.29 is 17.6 Å². The topological polar surface area (TPSA) is 367 Å². The molecule has 11 heterocycles. The average molecular weight is 1840 g/mol. The Labute approximate surface area is 790 Å². The van der Waals surface area contributed by atoms with Crippen LogP contribution in [0.4, 0.5) is 80.6 Å². The molecule has 0 spiro atoms. The standard InChI is InChI=1S/C12H16N2.2C11H13N3.C9H12F3N3.C9H13FN2.C9H12N4.2C8H13N3.3C8H12N2/c1-9(2)13-11-5-4-10-6-7-14(3)12(10)8-11;1-8(2)14-9-3-4-10-11(7-9)13-6-5-12-10;1-8(2)13-10-4-3-9-5-6-12-14-11(9)7-10;1-8(2,3)15-6-4-13-7(14-5-6)9(10,11)12;1-9(2,3)12-8-4-7(10)5-11-6-8;1-9(2,3)13-8-11-5-7(4-10)6-12-8;1-8(2,3)11-7-4-9-6-10-5-7;1-8(2,3)10-7-5-4-6-9-11-7;1-7(2)10-8-3-5-9-6-4-8;1-7(2)10-8-4-3-5-9-6-8;1-7(2)10-8-5-3-4-6-9-8/h4-9,13H,1-3H3;3-8,14H,1-2H3;3-8,13H,1-2H3;4-5,15H,1-3H3;4-6,12H,1-3H3;5-6H,1-3H3,(H,11,12,13);4-6,11H,1-3H3;4-6H,1-3H3,(H,10,11);3-7H,1-2H3,(H,9,10);3-7,10H,1-2H3;3-7H,1-2H3,(H,9,10). The van der Waals surface area contributed by atoms with Crippen LogP contribution in [0.3, 0.4) is 0 Å². The molecule has 29 nitrogen and oxygen atoms in total. The number of benzene rings is 3. The Bertz CT molecular complexity index is 5320. The molecule has 0 radical (unpaired) electrons. The van der Waals surface area contributed by atoms with Crippen molar-refractivity contribution in [3.8, 4) is 6.07 Å². The summed E-state index contributed by atoms with van der Waals surface area (Å²) >= 11 is 0. The van der Waals surface area contributed by atoms with Gasteiger partial charge in [-0.15, -0.1) is 5.10 Å². The fraction of sp³-hybridized carbons (Fsp3) is 0.396. The SMILES string of the molecule is CC(C)(C)Nc1cccnn1.CC(C)(C)Nc1cnc(C(F)(F)F)nc1.CC(C)(C)Nc1cncc(F)c1.CC(C)(C)Nc1cncnc1.CC(C)(C)Nc1ncc(C#N)cn1.CC(C)Nc1ccc2ccn(C)c2c1.CC(C)Nc1ccc2ccnnc2c1.CC(C)Nc1ccc2nccnc2c1.CC(C)Nc1ccccn1.CC(C)Nc1cccnc1.CC(C)Nc1ccncc1. The number of rotatable bonds is 17. The first-order valence-corrected chi connectivity index (χ1v) is 44.3. The third-order valence-electron chi connectivity index (χ3n) is 15.7. The summed E-state index contributed by atoms with van der Waals surface area (Å²) in [5.74, 6) is 0.871. The Morgan fingerprint density at radius 3 is 1.31 bits per heavy atom. The zero-order valence-corrected chi connectivity index (χ0v) is 83.1. The van der Waals surface area contributed by atoms with Gasteiger partial charge in [-0.25, -0.2) is 39.3 Å². The van der Waals surface area contributed by atoms with Crippen molar-refractivity contribution in [2.75, 3.05) is 58.5 Å². The summed E-state index contributed by atoms with van der Waals surface area (Å²) in [6, 6.07) is 46.3. The molecule has 3 aromatic carbocycles. The van der Waals surface area contributed by atoms with E-state index in [1.807, 2.05) is 160 Å². The number of pyridine rings is 4. The molecule has 0 amide bonds. The number of nitriles is 1. The summed E-state index contributed by atoms with van der Waals surface area (Å²) in [4.78, 5) is 46.4. The van der Waals surface area contributed by atoms with Gasteiger partial charge in [-0.05, 0) is 295 Å². The smallest absolute Gasteiger partial charge is 0.383 e. The third-order valence-corrected chi connectivity index (χ3v) is 15.7. The first-order chi connectivity index (χ1) is 62.9. The Morgan fingerprint density at radius 2 is 0.806 bits per heavy atom. The zero-order valence-electron chi connectivity index (χ0n) is 83.1. The van der Waals surface area contributed by atoms with Crippen LogP contribution in [0.1, 0.15) is 198 Å². The molecule has 14 rings (SSSR count). The predicted molar refractivity (Wildman–Crippen MR) is 546 cm³/mol. The summed E-state index contributed by atoms with van der Waals surface area (Å²) in [7, 11) is 2.07. The molecule has 14 aromatic rings. The molecule has 134 heavy (non-hydrogen) atoms. The van der Waals surface area contributed by atoms with E-state index in [9.17, 15) is 17.6 Å². The van der Waals surface area contributed by atoms with Crippen molar-refractivity contribution in [3.05, 3.63) is 262 Å². The van der Waals surface area contributed by atoms with Crippen molar-refractivity contribution in [1.82, 2.24) is 84.8 Å². The van der Waals surface area contributed by atoms with Gasteiger partial charge in [-0.3, -0.25) is 24.9 Å². The molecule has 33 heteroatoms. The van der Waals surface area contributed by atoms with E-state index in [0.717, 1.165) is 74.4 Å². The lowest BCUT2D eigenvalue weighted by Gasteiger charge is -2.21.